The van der Waals surface area contributed by atoms with Gasteiger partial charge in [-0.15, -0.1) is 0 Å². The molecule has 6 heteroatoms. The predicted octanol–water partition coefficient (Wildman–Crippen LogP) is 2.76. The van der Waals surface area contributed by atoms with Crippen LogP contribution in [0.2, 0.25) is 0 Å². The molecule has 2 rings (SSSR count). The fourth-order valence-corrected chi connectivity index (χ4v) is 2.43. The van der Waals surface area contributed by atoms with Gasteiger partial charge < -0.3 is 15.1 Å². The van der Waals surface area contributed by atoms with Crippen LogP contribution in [0.25, 0.3) is 0 Å². The maximum absolute atomic E-state index is 12.0. The third kappa shape index (κ3) is 5.19. The highest BCUT2D eigenvalue weighted by Gasteiger charge is 2.20. The summed E-state index contributed by atoms with van der Waals surface area (Å²) in [6.07, 6.45) is 1.58. The van der Waals surface area contributed by atoms with E-state index in [1.165, 1.54) is 5.56 Å². The molecule has 134 valence electrons. The first kappa shape index (κ1) is 18.7. The molecule has 2 N–H and O–H groups in total. The van der Waals surface area contributed by atoms with Gasteiger partial charge in [-0.3, -0.25) is 14.5 Å². The molecule has 0 spiro atoms. The fraction of sp³-hybridized carbons (Fsp3) is 0.368. The van der Waals surface area contributed by atoms with E-state index in [1.807, 2.05) is 37.2 Å². The van der Waals surface area contributed by atoms with Crippen molar-refractivity contribution < 1.29 is 14.0 Å². The number of anilines is 1. The Morgan fingerprint density at radius 3 is 2.28 bits per heavy atom. The molecule has 1 aromatic carbocycles. The zero-order chi connectivity index (χ0) is 18.4. The summed E-state index contributed by atoms with van der Waals surface area (Å²) in [5.41, 5.74) is 1.77. The van der Waals surface area contributed by atoms with Gasteiger partial charge in [-0.25, -0.2) is 0 Å². The van der Waals surface area contributed by atoms with Gasteiger partial charge in [0.2, 0.25) is 0 Å². The van der Waals surface area contributed by atoms with Crippen LogP contribution in [0.1, 0.15) is 37.1 Å². The van der Waals surface area contributed by atoms with Crippen LogP contribution in [0, 0.1) is 0 Å². The Morgan fingerprint density at radius 2 is 1.76 bits per heavy atom. The van der Waals surface area contributed by atoms with E-state index >= 15 is 0 Å². The van der Waals surface area contributed by atoms with Crippen molar-refractivity contribution in [2.24, 2.45) is 0 Å². The number of rotatable bonds is 6. The highest BCUT2D eigenvalue weighted by Crippen LogP contribution is 2.18. The number of carbonyl (C=O) groups is 2. The van der Waals surface area contributed by atoms with Crippen molar-refractivity contribution in [3.8, 4) is 0 Å². The van der Waals surface area contributed by atoms with Crippen molar-refractivity contribution in [1.82, 2.24) is 10.2 Å². The SMILES string of the molecule is CC(C)c1ccc(NC(=O)C(=O)NCC(c2ccco2)N(C)C)cc1. The lowest BCUT2D eigenvalue weighted by molar-refractivity contribution is -0.136. The first-order valence-electron chi connectivity index (χ1n) is 8.27. The minimum atomic E-state index is -0.686. The van der Waals surface area contributed by atoms with Crippen LogP contribution < -0.4 is 10.6 Å². The van der Waals surface area contributed by atoms with Gasteiger partial charge in [-0.1, -0.05) is 26.0 Å². The number of carbonyl (C=O) groups excluding carboxylic acids is 2. The second-order valence-electron chi connectivity index (χ2n) is 6.44. The summed E-state index contributed by atoms with van der Waals surface area (Å²) in [6.45, 7) is 4.47. The highest BCUT2D eigenvalue weighted by atomic mass is 16.3. The third-order valence-electron chi connectivity index (χ3n) is 3.99. The largest absolute Gasteiger partial charge is 0.468 e. The molecule has 6 nitrogen and oxygen atoms in total. The Kier molecular flexibility index (Phi) is 6.36. The minimum Gasteiger partial charge on any atom is -0.468 e. The second kappa shape index (κ2) is 8.48. The molecule has 0 aliphatic carbocycles. The first-order chi connectivity index (χ1) is 11.9. The average molecular weight is 343 g/mol. The highest BCUT2D eigenvalue weighted by molar-refractivity contribution is 6.39. The smallest absolute Gasteiger partial charge is 0.313 e. The Labute approximate surface area is 148 Å². The Morgan fingerprint density at radius 1 is 1.08 bits per heavy atom. The summed E-state index contributed by atoms with van der Waals surface area (Å²) >= 11 is 0. The van der Waals surface area contributed by atoms with Gasteiger partial charge in [0.05, 0.1) is 12.3 Å². The zero-order valence-corrected chi connectivity index (χ0v) is 15.1. The number of nitrogens with one attached hydrogen (secondary N) is 2. The summed E-state index contributed by atoms with van der Waals surface area (Å²) in [4.78, 5) is 26.0. The molecular weight excluding hydrogens is 318 g/mol. The van der Waals surface area contributed by atoms with E-state index in [0.29, 0.717) is 11.6 Å². The molecule has 1 unspecified atom stereocenters. The molecule has 0 saturated carbocycles. The molecule has 1 atom stereocenters. The third-order valence-corrected chi connectivity index (χ3v) is 3.99. The van der Waals surface area contributed by atoms with Crippen LogP contribution in [0.3, 0.4) is 0 Å². The van der Waals surface area contributed by atoms with Crippen LogP contribution in [0.15, 0.2) is 47.1 Å². The molecule has 25 heavy (non-hydrogen) atoms. The Balaban J connectivity index is 1.90. The molecule has 0 aliphatic heterocycles. The summed E-state index contributed by atoms with van der Waals surface area (Å²) in [5, 5.41) is 5.26. The maximum Gasteiger partial charge on any atom is 0.313 e. The molecule has 2 aromatic rings. The summed E-state index contributed by atoms with van der Waals surface area (Å²) in [6, 6.07) is 11.0. The number of hydrogen-bond acceptors (Lipinski definition) is 4. The van der Waals surface area contributed by atoms with Crippen LogP contribution in [-0.2, 0) is 9.59 Å². The van der Waals surface area contributed by atoms with Gasteiger partial charge in [0, 0.05) is 12.2 Å². The van der Waals surface area contributed by atoms with Gasteiger partial charge in [0.15, 0.2) is 0 Å². The summed E-state index contributed by atoms with van der Waals surface area (Å²) in [7, 11) is 3.77. The normalized spacial score (nSPS) is 12.2. The predicted molar refractivity (Wildman–Crippen MR) is 97.3 cm³/mol. The van der Waals surface area contributed by atoms with Crippen LogP contribution >= 0.6 is 0 Å². The lowest BCUT2D eigenvalue weighted by Gasteiger charge is -2.22. The number of hydrogen-bond donors (Lipinski definition) is 2. The van der Waals surface area contributed by atoms with Crippen molar-refractivity contribution in [2.75, 3.05) is 26.0 Å². The molecule has 0 bridgehead atoms. The molecule has 1 heterocycles. The van der Waals surface area contributed by atoms with Crippen LogP contribution in [-0.4, -0.2) is 37.4 Å². The number of nitrogens with zero attached hydrogens (tertiary/aromatic N) is 1. The molecule has 0 radical (unpaired) electrons. The van der Waals surface area contributed by atoms with Crippen molar-refractivity contribution >= 4 is 17.5 Å². The quantitative estimate of drug-likeness (QED) is 0.791. The van der Waals surface area contributed by atoms with Crippen molar-refractivity contribution in [2.45, 2.75) is 25.8 Å². The van der Waals surface area contributed by atoms with Gasteiger partial charge >= 0.3 is 11.8 Å². The molecule has 0 saturated heterocycles. The second-order valence-corrected chi connectivity index (χ2v) is 6.44. The number of likely N-dealkylation sites (N-methyl/N-ethyl adjacent to an activating group) is 1. The topological polar surface area (TPSA) is 74.6 Å². The van der Waals surface area contributed by atoms with Crippen molar-refractivity contribution in [3.05, 3.63) is 54.0 Å². The maximum atomic E-state index is 12.0. The summed E-state index contributed by atoms with van der Waals surface area (Å²) < 4.78 is 5.38. The minimum absolute atomic E-state index is 0.142. The standard InChI is InChI=1S/C19H25N3O3/c1-13(2)14-7-9-15(10-8-14)21-19(24)18(23)20-12-16(22(3)4)17-6-5-11-25-17/h5-11,13,16H,12H2,1-4H3,(H,20,23)(H,21,24). The van der Waals surface area contributed by atoms with Gasteiger partial charge in [-0.05, 0) is 49.8 Å². The lowest BCUT2D eigenvalue weighted by atomic mass is 10.0. The monoisotopic (exact) mass is 343 g/mol. The Hall–Kier alpha value is -2.60. The van der Waals surface area contributed by atoms with Crippen molar-refractivity contribution in [3.63, 3.8) is 0 Å². The zero-order valence-electron chi connectivity index (χ0n) is 15.1. The lowest BCUT2D eigenvalue weighted by Crippen LogP contribution is -2.40. The van der Waals surface area contributed by atoms with Crippen LogP contribution in [0.4, 0.5) is 5.69 Å². The van der Waals surface area contributed by atoms with E-state index in [4.69, 9.17) is 4.42 Å². The molecule has 2 amide bonds. The number of amides is 2. The van der Waals surface area contributed by atoms with E-state index < -0.39 is 11.8 Å². The van der Waals surface area contributed by atoms with Gasteiger partial charge in [0.25, 0.3) is 0 Å². The van der Waals surface area contributed by atoms with E-state index in [9.17, 15) is 9.59 Å². The van der Waals surface area contributed by atoms with E-state index in [0.717, 1.165) is 5.76 Å². The van der Waals surface area contributed by atoms with Gasteiger partial charge in [0.1, 0.15) is 5.76 Å². The van der Waals surface area contributed by atoms with E-state index in [2.05, 4.69) is 24.5 Å². The molecule has 0 aliphatic rings. The first-order valence-corrected chi connectivity index (χ1v) is 8.27. The average Bonchev–Trinajstić information content (AvgIpc) is 3.09. The van der Waals surface area contributed by atoms with Crippen molar-refractivity contribution in [1.29, 1.82) is 0 Å². The van der Waals surface area contributed by atoms with Gasteiger partial charge in [-0.2, -0.15) is 0 Å². The molecule has 0 fully saturated rings. The molecular formula is C19H25N3O3. The van der Waals surface area contributed by atoms with E-state index in [1.54, 1.807) is 24.5 Å². The molecule has 1 aromatic heterocycles. The number of furan rings is 1. The van der Waals surface area contributed by atoms with Crippen LogP contribution in [0.5, 0.6) is 0 Å². The fourth-order valence-electron chi connectivity index (χ4n) is 2.43. The Bertz CT molecular complexity index is 691. The van der Waals surface area contributed by atoms with E-state index in [-0.39, 0.29) is 12.6 Å². The summed E-state index contributed by atoms with van der Waals surface area (Å²) in [5.74, 6) is -0.215. The number of benzene rings is 1.